The Morgan fingerprint density at radius 2 is 1.44 bits per heavy atom. The van der Waals surface area contributed by atoms with Crippen molar-refractivity contribution in [1.29, 1.82) is 0 Å². The molecule has 142 valence electrons. The molecular formula is C21H25N3O3. The van der Waals surface area contributed by atoms with E-state index >= 15 is 0 Å². The zero-order chi connectivity index (χ0) is 19.8. The minimum Gasteiger partial charge on any atom is -0.336 e. The zero-order valence-electron chi connectivity index (χ0n) is 15.9. The molecule has 0 saturated carbocycles. The third-order valence-corrected chi connectivity index (χ3v) is 3.94. The van der Waals surface area contributed by atoms with Crippen molar-refractivity contribution in [3.05, 3.63) is 60.2 Å². The lowest BCUT2D eigenvalue weighted by atomic mass is 10.1. The first-order valence-electron chi connectivity index (χ1n) is 8.86. The summed E-state index contributed by atoms with van der Waals surface area (Å²) in [5, 5.41) is 5.37. The van der Waals surface area contributed by atoms with Gasteiger partial charge >= 0.3 is 0 Å². The van der Waals surface area contributed by atoms with Crippen LogP contribution in [0.4, 0.5) is 11.4 Å². The predicted octanol–water partition coefficient (Wildman–Crippen LogP) is 3.41. The van der Waals surface area contributed by atoms with Crippen LogP contribution in [0.3, 0.4) is 0 Å². The van der Waals surface area contributed by atoms with Gasteiger partial charge in [-0.25, -0.2) is 0 Å². The van der Waals surface area contributed by atoms with E-state index in [1.807, 2.05) is 44.2 Å². The molecule has 2 N–H and O–H groups in total. The van der Waals surface area contributed by atoms with Crippen LogP contribution in [0.2, 0.25) is 0 Å². The van der Waals surface area contributed by atoms with Crippen LogP contribution in [-0.2, 0) is 20.9 Å². The van der Waals surface area contributed by atoms with Gasteiger partial charge in [0.05, 0.1) is 0 Å². The molecule has 0 fully saturated rings. The number of carbonyl (C=O) groups is 3. The number of nitrogens with zero attached hydrogens (tertiary/aromatic N) is 1. The molecule has 0 spiro atoms. The lowest BCUT2D eigenvalue weighted by Crippen LogP contribution is -2.38. The minimum absolute atomic E-state index is 0.0116. The van der Waals surface area contributed by atoms with Crippen molar-refractivity contribution in [1.82, 2.24) is 4.90 Å². The largest absolute Gasteiger partial charge is 0.336 e. The van der Waals surface area contributed by atoms with E-state index in [4.69, 9.17) is 0 Å². The Balaban J connectivity index is 1.94. The van der Waals surface area contributed by atoms with E-state index in [0.29, 0.717) is 17.9 Å². The standard InChI is InChI=1S/C21H25N3O3/c1-15(2)24(14-17-7-5-4-6-8-17)21(27)13-20(26)23-19-11-9-18(10-12-19)22-16(3)25/h4-12,15H,13-14H2,1-3H3,(H,22,25)(H,23,26). The van der Waals surface area contributed by atoms with Gasteiger partial charge in [-0.15, -0.1) is 0 Å². The molecule has 0 aliphatic heterocycles. The van der Waals surface area contributed by atoms with Gasteiger partial charge in [-0.1, -0.05) is 30.3 Å². The van der Waals surface area contributed by atoms with E-state index in [9.17, 15) is 14.4 Å². The van der Waals surface area contributed by atoms with E-state index in [1.54, 1.807) is 29.2 Å². The van der Waals surface area contributed by atoms with E-state index in [2.05, 4.69) is 10.6 Å². The topological polar surface area (TPSA) is 78.5 Å². The maximum absolute atomic E-state index is 12.6. The third-order valence-electron chi connectivity index (χ3n) is 3.94. The number of amides is 3. The lowest BCUT2D eigenvalue weighted by Gasteiger charge is -2.26. The van der Waals surface area contributed by atoms with Crippen molar-refractivity contribution < 1.29 is 14.4 Å². The Bertz CT molecular complexity index is 786. The fraction of sp³-hybridized carbons (Fsp3) is 0.286. The van der Waals surface area contributed by atoms with Crippen LogP contribution in [0.15, 0.2) is 54.6 Å². The number of rotatable bonds is 7. The molecule has 0 aromatic heterocycles. The minimum atomic E-state index is -0.369. The van der Waals surface area contributed by atoms with E-state index in [0.717, 1.165) is 5.56 Å². The average Bonchev–Trinajstić information content (AvgIpc) is 2.61. The average molecular weight is 367 g/mol. The number of nitrogens with one attached hydrogen (secondary N) is 2. The van der Waals surface area contributed by atoms with Crippen molar-refractivity contribution in [2.45, 2.75) is 39.8 Å². The number of hydrogen-bond donors (Lipinski definition) is 2. The van der Waals surface area contributed by atoms with Gasteiger partial charge in [-0.05, 0) is 43.7 Å². The van der Waals surface area contributed by atoms with Crippen LogP contribution in [0.5, 0.6) is 0 Å². The van der Waals surface area contributed by atoms with Crippen LogP contribution >= 0.6 is 0 Å². The van der Waals surface area contributed by atoms with Crippen LogP contribution < -0.4 is 10.6 Å². The summed E-state index contributed by atoms with van der Waals surface area (Å²) < 4.78 is 0. The second-order valence-electron chi connectivity index (χ2n) is 6.58. The highest BCUT2D eigenvalue weighted by Gasteiger charge is 2.20. The van der Waals surface area contributed by atoms with Crippen LogP contribution in [0, 0.1) is 0 Å². The monoisotopic (exact) mass is 367 g/mol. The second-order valence-corrected chi connectivity index (χ2v) is 6.58. The Labute approximate surface area is 159 Å². The molecule has 2 aromatic rings. The highest BCUT2D eigenvalue weighted by molar-refractivity contribution is 6.03. The fourth-order valence-corrected chi connectivity index (χ4v) is 2.62. The first kappa shape index (κ1) is 20.2. The highest BCUT2D eigenvalue weighted by Crippen LogP contribution is 2.15. The van der Waals surface area contributed by atoms with Gasteiger partial charge in [0.25, 0.3) is 0 Å². The van der Waals surface area contributed by atoms with Crippen LogP contribution in [0.1, 0.15) is 32.8 Å². The summed E-state index contributed by atoms with van der Waals surface area (Å²) >= 11 is 0. The molecule has 2 aromatic carbocycles. The third kappa shape index (κ3) is 6.58. The Morgan fingerprint density at radius 1 is 0.889 bits per heavy atom. The Morgan fingerprint density at radius 3 is 1.96 bits per heavy atom. The van der Waals surface area contributed by atoms with Gasteiger partial charge in [0.1, 0.15) is 6.42 Å². The van der Waals surface area contributed by atoms with Gasteiger partial charge in [0.2, 0.25) is 17.7 Å². The number of hydrogen-bond acceptors (Lipinski definition) is 3. The molecule has 0 radical (unpaired) electrons. The number of anilines is 2. The Hall–Kier alpha value is -3.15. The van der Waals surface area contributed by atoms with Gasteiger partial charge in [-0.2, -0.15) is 0 Å². The fourth-order valence-electron chi connectivity index (χ4n) is 2.62. The molecule has 3 amide bonds. The highest BCUT2D eigenvalue weighted by atomic mass is 16.2. The number of benzene rings is 2. The molecule has 0 heterocycles. The molecule has 0 aliphatic carbocycles. The van der Waals surface area contributed by atoms with Crippen LogP contribution in [0.25, 0.3) is 0 Å². The molecule has 0 bridgehead atoms. The molecule has 6 heteroatoms. The predicted molar refractivity (Wildman–Crippen MR) is 106 cm³/mol. The maximum Gasteiger partial charge on any atom is 0.233 e. The Kier molecular flexibility index (Phi) is 7.11. The SMILES string of the molecule is CC(=O)Nc1ccc(NC(=O)CC(=O)N(Cc2ccccc2)C(C)C)cc1. The van der Waals surface area contributed by atoms with Crippen molar-refractivity contribution in [2.24, 2.45) is 0 Å². The summed E-state index contributed by atoms with van der Waals surface area (Å²) in [6.45, 7) is 5.76. The van der Waals surface area contributed by atoms with Crippen molar-refractivity contribution >= 4 is 29.1 Å². The summed E-state index contributed by atoms with van der Waals surface area (Å²) in [5.74, 6) is -0.753. The van der Waals surface area contributed by atoms with Crippen molar-refractivity contribution in [3.8, 4) is 0 Å². The summed E-state index contributed by atoms with van der Waals surface area (Å²) in [6.07, 6.45) is -0.224. The molecule has 0 atom stereocenters. The maximum atomic E-state index is 12.6. The smallest absolute Gasteiger partial charge is 0.233 e. The first-order valence-corrected chi connectivity index (χ1v) is 8.86. The van der Waals surface area contributed by atoms with Crippen LogP contribution in [-0.4, -0.2) is 28.7 Å². The molecule has 0 saturated heterocycles. The summed E-state index contributed by atoms with van der Waals surface area (Å²) in [7, 11) is 0. The van der Waals surface area contributed by atoms with E-state index < -0.39 is 0 Å². The normalized spacial score (nSPS) is 10.4. The van der Waals surface area contributed by atoms with Gasteiger partial charge in [0.15, 0.2) is 0 Å². The van der Waals surface area contributed by atoms with Gasteiger partial charge in [0, 0.05) is 30.9 Å². The lowest BCUT2D eigenvalue weighted by molar-refractivity contribution is -0.136. The quantitative estimate of drug-likeness (QED) is 0.736. The van der Waals surface area contributed by atoms with E-state index in [1.165, 1.54) is 6.92 Å². The number of carbonyl (C=O) groups excluding carboxylic acids is 3. The molecule has 0 aliphatic rings. The second kappa shape index (κ2) is 9.52. The molecule has 2 rings (SSSR count). The summed E-state index contributed by atoms with van der Waals surface area (Å²) in [6, 6.07) is 16.4. The molecule has 27 heavy (non-hydrogen) atoms. The van der Waals surface area contributed by atoms with Crippen molar-refractivity contribution in [3.63, 3.8) is 0 Å². The van der Waals surface area contributed by atoms with Gasteiger partial charge in [-0.3, -0.25) is 14.4 Å². The first-order chi connectivity index (χ1) is 12.8. The van der Waals surface area contributed by atoms with Crippen molar-refractivity contribution in [2.75, 3.05) is 10.6 Å². The molecule has 0 unspecified atom stereocenters. The zero-order valence-corrected chi connectivity index (χ0v) is 15.9. The van der Waals surface area contributed by atoms with E-state index in [-0.39, 0.29) is 30.2 Å². The summed E-state index contributed by atoms with van der Waals surface area (Å²) in [4.78, 5) is 37.5. The summed E-state index contributed by atoms with van der Waals surface area (Å²) in [5.41, 5.74) is 2.24. The molecular weight excluding hydrogens is 342 g/mol. The van der Waals surface area contributed by atoms with Gasteiger partial charge < -0.3 is 15.5 Å². The molecule has 6 nitrogen and oxygen atoms in total.